The molecule has 6 nitrogen and oxygen atoms in total. The number of rotatable bonds is 4. The van der Waals surface area contributed by atoms with Crippen LogP contribution in [-0.4, -0.2) is 11.1 Å². The number of halogens is 1. The summed E-state index contributed by atoms with van der Waals surface area (Å²) in [6.07, 6.45) is 1.22. The van der Waals surface area contributed by atoms with Crippen molar-refractivity contribution in [3.05, 3.63) is 63.2 Å². The Morgan fingerprint density at radius 1 is 1.25 bits per heavy atom. The summed E-state index contributed by atoms with van der Waals surface area (Å²) in [5.74, 6) is -0.347. The first-order valence-electron chi connectivity index (χ1n) is 5.57. The Labute approximate surface area is 119 Å². The Kier molecular flexibility index (Phi) is 4.17. The van der Waals surface area contributed by atoms with Gasteiger partial charge in [0.1, 0.15) is 0 Å². The summed E-state index contributed by atoms with van der Waals surface area (Å²) in [5.41, 5.74) is 3.20. The summed E-state index contributed by atoms with van der Waals surface area (Å²) in [6, 6.07) is 10.4. The molecule has 0 atom stereocenters. The van der Waals surface area contributed by atoms with E-state index in [1.54, 1.807) is 24.3 Å². The molecule has 0 saturated heterocycles. The summed E-state index contributed by atoms with van der Waals surface area (Å²) in [7, 11) is 0. The van der Waals surface area contributed by atoms with Crippen molar-refractivity contribution in [2.45, 2.75) is 0 Å². The second-order valence-corrected chi connectivity index (χ2v) is 4.24. The molecule has 0 amide bonds. The Balaban J connectivity index is 2.17. The third-order valence-electron chi connectivity index (χ3n) is 2.47. The maximum atomic E-state index is 11.5. The van der Waals surface area contributed by atoms with Crippen molar-refractivity contribution in [2.75, 3.05) is 5.43 Å². The lowest BCUT2D eigenvalue weighted by Gasteiger charge is -2.09. The number of hydrogen-bond acceptors (Lipinski definition) is 5. The van der Waals surface area contributed by atoms with Gasteiger partial charge in [0, 0.05) is 12.1 Å². The Morgan fingerprint density at radius 3 is 2.70 bits per heavy atom. The number of nitro benzene ring substituents is 1. The number of hydrazone groups is 1. The van der Waals surface area contributed by atoms with Gasteiger partial charge < -0.3 is 5.11 Å². The molecule has 102 valence electrons. The maximum absolute atomic E-state index is 11.5. The summed E-state index contributed by atoms with van der Waals surface area (Å²) in [6.45, 7) is 0. The molecule has 0 radical (unpaired) electrons. The summed E-state index contributed by atoms with van der Waals surface area (Å²) < 4.78 is 0. The van der Waals surface area contributed by atoms with Gasteiger partial charge in [0.2, 0.25) is 0 Å². The van der Waals surface area contributed by atoms with Crippen molar-refractivity contribution < 1.29 is 10.0 Å². The fraction of sp³-hybridized carbons (Fsp3) is 0. The van der Waals surface area contributed by atoms with E-state index in [1.807, 2.05) is 0 Å². The molecule has 0 bridgehead atoms. The highest BCUT2D eigenvalue weighted by molar-refractivity contribution is 6.33. The lowest BCUT2D eigenvalue weighted by Crippen LogP contribution is -1.99. The van der Waals surface area contributed by atoms with Crippen LogP contribution in [0, 0.1) is 10.1 Å². The topological polar surface area (TPSA) is 90.6 Å². The van der Waals surface area contributed by atoms with Gasteiger partial charge in [-0.2, -0.15) is 5.10 Å². The van der Waals surface area contributed by atoms with Crippen molar-refractivity contribution in [3.8, 4) is 5.75 Å². The normalized spacial score (nSPS) is 10.7. The molecule has 0 aliphatic rings. The van der Waals surface area contributed by atoms with Crippen molar-refractivity contribution in [1.29, 1.82) is 0 Å². The molecule has 0 aliphatic carbocycles. The quantitative estimate of drug-likeness (QED) is 0.532. The van der Waals surface area contributed by atoms with Crippen molar-refractivity contribution in [2.24, 2.45) is 5.10 Å². The molecule has 20 heavy (non-hydrogen) atoms. The molecule has 0 unspecified atom stereocenters. The SMILES string of the molecule is O=[N+]([O-])c1ccc([O-])c(/C=N\Nc2ccccc2Cl)c1. The number of anilines is 1. The van der Waals surface area contributed by atoms with Gasteiger partial charge in [-0.1, -0.05) is 35.5 Å². The molecule has 7 heteroatoms. The largest absolute Gasteiger partial charge is 0.872 e. The first kappa shape index (κ1) is 13.8. The molecule has 0 spiro atoms. The molecule has 0 aliphatic heterocycles. The van der Waals surface area contributed by atoms with Gasteiger partial charge in [-0.15, -0.1) is 0 Å². The van der Waals surface area contributed by atoms with Crippen LogP contribution in [0.15, 0.2) is 47.6 Å². The van der Waals surface area contributed by atoms with Crippen LogP contribution in [-0.2, 0) is 0 Å². The molecular weight excluding hydrogens is 282 g/mol. The zero-order valence-corrected chi connectivity index (χ0v) is 10.9. The highest BCUT2D eigenvalue weighted by atomic mass is 35.5. The Morgan fingerprint density at radius 2 is 2.00 bits per heavy atom. The zero-order valence-electron chi connectivity index (χ0n) is 10.1. The van der Waals surface area contributed by atoms with E-state index in [-0.39, 0.29) is 17.0 Å². The third kappa shape index (κ3) is 3.24. The van der Waals surface area contributed by atoms with E-state index in [1.165, 1.54) is 12.3 Å². The molecule has 0 aromatic heterocycles. The highest BCUT2D eigenvalue weighted by Gasteiger charge is 2.05. The molecule has 0 fully saturated rings. The second-order valence-electron chi connectivity index (χ2n) is 3.83. The third-order valence-corrected chi connectivity index (χ3v) is 2.80. The summed E-state index contributed by atoms with van der Waals surface area (Å²) in [5, 5.41) is 26.5. The van der Waals surface area contributed by atoms with Gasteiger partial charge in [-0.25, -0.2) is 0 Å². The molecule has 2 aromatic rings. The molecule has 2 aromatic carbocycles. The number of benzene rings is 2. The number of nitrogens with one attached hydrogen (secondary N) is 1. The number of hydrogen-bond donors (Lipinski definition) is 1. The van der Waals surface area contributed by atoms with E-state index in [0.717, 1.165) is 12.1 Å². The fourth-order valence-corrected chi connectivity index (χ4v) is 1.65. The standard InChI is InChI=1S/C13H10ClN3O3/c14-11-3-1-2-4-12(11)16-15-8-9-7-10(17(19)20)5-6-13(9)18/h1-8,16,18H/p-1/b15-8-. The molecular formula is C13H9ClN3O3-. The lowest BCUT2D eigenvalue weighted by molar-refractivity contribution is -0.385. The van der Waals surface area contributed by atoms with Crippen molar-refractivity contribution in [3.63, 3.8) is 0 Å². The first-order valence-corrected chi connectivity index (χ1v) is 5.95. The minimum absolute atomic E-state index is 0.124. The van der Waals surface area contributed by atoms with Crippen LogP contribution >= 0.6 is 11.6 Å². The van der Waals surface area contributed by atoms with E-state index >= 15 is 0 Å². The Bertz CT molecular complexity index is 674. The van der Waals surface area contributed by atoms with Crippen LogP contribution in [0.25, 0.3) is 0 Å². The molecule has 2 rings (SSSR count). The predicted molar refractivity (Wildman–Crippen MR) is 75.2 cm³/mol. The van der Waals surface area contributed by atoms with Crippen molar-refractivity contribution >= 4 is 29.2 Å². The predicted octanol–water partition coefficient (Wildman–Crippen LogP) is 2.77. The van der Waals surface area contributed by atoms with Crippen LogP contribution < -0.4 is 10.5 Å². The van der Waals surface area contributed by atoms with Gasteiger partial charge in [0.25, 0.3) is 5.69 Å². The van der Waals surface area contributed by atoms with Crippen LogP contribution in [0.4, 0.5) is 11.4 Å². The van der Waals surface area contributed by atoms with Crippen LogP contribution in [0.5, 0.6) is 5.75 Å². The monoisotopic (exact) mass is 290 g/mol. The number of para-hydroxylation sites is 1. The van der Waals surface area contributed by atoms with E-state index in [9.17, 15) is 15.2 Å². The molecule has 0 heterocycles. The minimum Gasteiger partial charge on any atom is -0.872 e. The smallest absolute Gasteiger partial charge is 0.270 e. The fourth-order valence-electron chi connectivity index (χ4n) is 1.47. The van der Waals surface area contributed by atoms with Gasteiger partial charge in [-0.05, 0) is 17.7 Å². The second kappa shape index (κ2) is 6.03. The molecule has 0 saturated carbocycles. The van der Waals surface area contributed by atoms with E-state index < -0.39 is 4.92 Å². The number of nitro groups is 1. The molecule has 1 N–H and O–H groups in total. The van der Waals surface area contributed by atoms with Crippen LogP contribution in [0.3, 0.4) is 0 Å². The maximum Gasteiger partial charge on any atom is 0.270 e. The summed E-state index contributed by atoms with van der Waals surface area (Å²) in [4.78, 5) is 10.1. The highest BCUT2D eigenvalue weighted by Crippen LogP contribution is 2.21. The average Bonchev–Trinajstić information content (AvgIpc) is 2.42. The number of nitrogens with zero attached hydrogens (tertiary/aromatic N) is 2. The Hall–Kier alpha value is -2.60. The van der Waals surface area contributed by atoms with Crippen molar-refractivity contribution in [1.82, 2.24) is 0 Å². The minimum atomic E-state index is -0.571. The first-order chi connectivity index (χ1) is 9.58. The summed E-state index contributed by atoms with van der Waals surface area (Å²) >= 11 is 5.92. The van der Waals surface area contributed by atoms with E-state index in [2.05, 4.69) is 10.5 Å². The average molecular weight is 291 g/mol. The van der Waals surface area contributed by atoms with E-state index in [4.69, 9.17) is 11.6 Å². The van der Waals surface area contributed by atoms with Gasteiger partial charge >= 0.3 is 0 Å². The zero-order chi connectivity index (χ0) is 14.5. The van der Waals surface area contributed by atoms with E-state index in [0.29, 0.717) is 10.7 Å². The van der Waals surface area contributed by atoms with Gasteiger partial charge in [0.05, 0.1) is 21.8 Å². The number of non-ortho nitro benzene ring substituents is 1. The van der Waals surface area contributed by atoms with Gasteiger partial charge in [0.15, 0.2) is 0 Å². The van der Waals surface area contributed by atoms with Crippen LogP contribution in [0.2, 0.25) is 5.02 Å². The lowest BCUT2D eigenvalue weighted by atomic mass is 10.2. The van der Waals surface area contributed by atoms with Crippen LogP contribution in [0.1, 0.15) is 5.56 Å². The van der Waals surface area contributed by atoms with Gasteiger partial charge in [-0.3, -0.25) is 15.5 Å².